The van der Waals surface area contributed by atoms with E-state index in [1.807, 2.05) is 11.3 Å². The van der Waals surface area contributed by atoms with Crippen molar-refractivity contribution in [3.05, 3.63) is 224 Å². The van der Waals surface area contributed by atoms with Gasteiger partial charge < -0.3 is 14.4 Å². The lowest BCUT2D eigenvalue weighted by molar-refractivity contribution is 1.18. The first kappa shape index (κ1) is 34.4. The van der Waals surface area contributed by atoms with E-state index in [9.17, 15) is 0 Å². The van der Waals surface area contributed by atoms with Crippen molar-refractivity contribution in [2.75, 3.05) is 9.80 Å². The molecule has 0 atom stereocenters. The monoisotopic (exact) mass is 783 g/mol. The molecule has 10 aromatic carbocycles. The quantitative estimate of drug-likeness (QED) is 0.149. The van der Waals surface area contributed by atoms with Crippen molar-refractivity contribution in [3.63, 3.8) is 0 Å². The van der Waals surface area contributed by atoms with Gasteiger partial charge in [0.15, 0.2) is 0 Å². The maximum atomic E-state index is 2.42. The summed E-state index contributed by atoms with van der Waals surface area (Å²) in [6, 6.07) is 81.7. The molecule has 0 spiro atoms. The highest BCUT2D eigenvalue weighted by molar-refractivity contribution is 7.25. The van der Waals surface area contributed by atoms with Crippen molar-refractivity contribution in [2.45, 2.75) is 0 Å². The Kier molecular flexibility index (Phi) is 8.03. The number of hydrogen-bond acceptors (Lipinski definition) is 3. The Balaban J connectivity index is 1.06. The van der Waals surface area contributed by atoms with E-state index in [1.165, 1.54) is 63.5 Å². The minimum Gasteiger partial charge on any atom is -0.310 e. The summed E-state index contributed by atoms with van der Waals surface area (Å²) in [5, 5.41) is 10.0. The highest BCUT2D eigenvalue weighted by Gasteiger charge is 2.20. The number of rotatable bonds is 7. The van der Waals surface area contributed by atoms with Crippen LogP contribution in [0.1, 0.15) is 0 Å². The van der Waals surface area contributed by atoms with Gasteiger partial charge in [0.05, 0.1) is 11.0 Å². The zero-order chi connectivity index (χ0) is 39.6. The topological polar surface area (TPSA) is 11.4 Å². The van der Waals surface area contributed by atoms with E-state index < -0.39 is 0 Å². The Morgan fingerprint density at radius 2 is 0.817 bits per heavy atom. The number of fused-ring (bicyclic) bond motifs is 9. The first-order valence-corrected chi connectivity index (χ1v) is 21.2. The number of thiophene rings is 1. The summed E-state index contributed by atoms with van der Waals surface area (Å²) in [4.78, 5) is 4.75. The van der Waals surface area contributed by atoms with Gasteiger partial charge in [-0.3, -0.25) is 0 Å². The molecule has 282 valence electrons. The Labute approximate surface area is 351 Å². The average Bonchev–Trinajstić information content (AvgIpc) is 3.84. The smallest absolute Gasteiger partial charge is 0.0547 e. The van der Waals surface area contributed by atoms with Crippen molar-refractivity contribution >= 4 is 109 Å². The molecule has 0 aliphatic carbocycles. The van der Waals surface area contributed by atoms with Gasteiger partial charge in [-0.05, 0) is 125 Å². The molecular weight excluding hydrogens is 747 g/mol. The average molecular weight is 784 g/mol. The molecule has 0 fully saturated rings. The van der Waals surface area contributed by atoms with E-state index >= 15 is 0 Å². The molecule has 0 bridgehead atoms. The lowest BCUT2D eigenvalue weighted by Crippen LogP contribution is -2.13. The van der Waals surface area contributed by atoms with E-state index in [-0.39, 0.29) is 0 Å². The molecule has 12 aromatic rings. The largest absolute Gasteiger partial charge is 0.310 e. The Morgan fingerprint density at radius 3 is 1.55 bits per heavy atom. The molecule has 4 heteroatoms. The van der Waals surface area contributed by atoms with Crippen molar-refractivity contribution < 1.29 is 0 Å². The molecule has 0 N–H and O–H groups in total. The Hall–Kier alpha value is -7.66. The van der Waals surface area contributed by atoms with Crippen LogP contribution in [0.4, 0.5) is 34.1 Å². The molecule has 0 saturated carbocycles. The predicted molar refractivity (Wildman–Crippen MR) is 258 cm³/mol. The molecule has 0 unspecified atom stereocenters. The number of nitrogens with zero attached hydrogens (tertiary/aromatic N) is 3. The Morgan fingerprint density at radius 1 is 0.283 bits per heavy atom. The van der Waals surface area contributed by atoms with E-state index in [1.54, 1.807) is 0 Å². The molecule has 0 aliphatic rings. The molecule has 12 rings (SSSR count). The van der Waals surface area contributed by atoms with Gasteiger partial charge in [0.1, 0.15) is 0 Å². The van der Waals surface area contributed by atoms with Crippen molar-refractivity contribution in [1.29, 1.82) is 0 Å². The van der Waals surface area contributed by atoms with Gasteiger partial charge in [-0.1, -0.05) is 121 Å². The van der Waals surface area contributed by atoms with E-state index in [4.69, 9.17) is 0 Å². The highest BCUT2D eigenvalue weighted by Crippen LogP contribution is 2.45. The van der Waals surface area contributed by atoms with E-state index in [0.29, 0.717) is 0 Å². The standard InChI is InChI=1S/C56H37N3S/c1-4-15-40(16-5-1)57(41-17-6-2-7-18-41)43-21-14-22-44(35-43)58(46-30-32-50-49-24-11-13-26-55(49)60-56(50)36-46)45-29-31-47-38(33-45)27-28-39-34-52-48-23-10-12-25-53(48)59(54(52)37-51(39)47)42-19-8-3-9-20-42/h1-37H. The summed E-state index contributed by atoms with van der Waals surface area (Å²) in [7, 11) is 0. The van der Waals surface area contributed by atoms with Gasteiger partial charge in [-0.15, -0.1) is 11.3 Å². The predicted octanol–water partition coefficient (Wildman–Crippen LogP) is 16.4. The van der Waals surface area contributed by atoms with Gasteiger partial charge in [0, 0.05) is 70.8 Å². The number of hydrogen-bond donors (Lipinski definition) is 0. The summed E-state index contributed by atoms with van der Waals surface area (Å²) < 4.78 is 4.98. The third kappa shape index (κ3) is 5.65. The van der Waals surface area contributed by atoms with Crippen LogP contribution < -0.4 is 9.80 Å². The third-order valence-electron chi connectivity index (χ3n) is 11.9. The fraction of sp³-hybridized carbons (Fsp3) is 0. The van der Waals surface area contributed by atoms with Crippen LogP contribution in [0.3, 0.4) is 0 Å². The van der Waals surface area contributed by atoms with Gasteiger partial charge in [0.25, 0.3) is 0 Å². The second-order valence-electron chi connectivity index (χ2n) is 15.4. The Bertz CT molecular complexity index is 3510. The van der Waals surface area contributed by atoms with Gasteiger partial charge in [0.2, 0.25) is 0 Å². The van der Waals surface area contributed by atoms with Crippen LogP contribution in [0, 0.1) is 0 Å². The summed E-state index contributed by atoms with van der Waals surface area (Å²) in [6.45, 7) is 0. The van der Waals surface area contributed by atoms with Crippen LogP contribution in [-0.4, -0.2) is 4.57 Å². The van der Waals surface area contributed by atoms with Crippen LogP contribution in [-0.2, 0) is 0 Å². The minimum atomic E-state index is 1.08. The lowest BCUT2D eigenvalue weighted by atomic mass is 9.99. The molecule has 0 aliphatic heterocycles. The van der Waals surface area contributed by atoms with Crippen LogP contribution in [0.25, 0.3) is 69.2 Å². The van der Waals surface area contributed by atoms with Crippen molar-refractivity contribution in [1.82, 2.24) is 4.57 Å². The zero-order valence-corrected chi connectivity index (χ0v) is 33.4. The zero-order valence-electron chi connectivity index (χ0n) is 32.6. The summed E-state index contributed by atoms with van der Waals surface area (Å²) in [5.41, 5.74) is 10.2. The maximum Gasteiger partial charge on any atom is 0.0547 e. The van der Waals surface area contributed by atoms with Crippen LogP contribution in [0.15, 0.2) is 224 Å². The summed E-state index contributed by atoms with van der Waals surface area (Å²) in [6.07, 6.45) is 0. The summed E-state index contributed by atoms with van der Waals surface area (Å²) in [5.74, 6) is 0. The molecule has 0 amide bonds. The second-order valence-corrected chi connectivity index (χ2v) is 16.5. The maximum absolute atomic E-state index is 2.42. The third-order valence-corrected chi connectivity index (χ3v) is 13.0. The minimum absolute atomic E-state index is 1.08. The van der Waals surface area contributed by atoms with Crippen molar-refractivity contribution in [2.24, 2.45) is 0 Å². The number of anilines is 6. The second kappa shape index (κ2) is 14.0. The van der Waals surface area contributed by atoms with Crippen LogP contribution >= 0.6 is 11.3 Å². The number of benzene rings is 10. The molecule has 0 saturated heterocycles. The van der Waals surface area contributed by atoms with E-state index in [0.717, 1.165) is 39.8 Å². The lowest BCUT2D eigenvalue weighted by Gasteiger charge is -2.29. The summed E-state index contributed by atoms with van der Waals surface area (Å²) >= 11 is 1.86. The van der Waals surface area contributed by atoms with Gasteiger partial charge in [-0.2, -0.15) is 0 Å². The van der Waals surface area contributed by atoms with Crippen LogP contribution in [0.2, 0.25) is 0 Å². The van der Waals surface area contributed by atoms with Gasteiger partial charge in [-0.25, -0.2) is 0 Å². The number of para-hydroxylation sites is 4. The van der Waals surface area contributed by atoms with Crippen molar-refractivity contribution in [3.8, 4) is 5.69 Å². The van der Waals surface area contributed by atoms with Gasteiger partial charge >= 0.3 is 0 Å². The molecular formula is C56H37N3S. The highest BCUT2D eigenvalue weighted by atomic mass is 32.1. The molecule has 2 aromatic heterocycles. The molecule has 2 heterocycles. The number of aromatic nitrogens is 1. The molecule has 60 heavy (non-hydrogen) atoms. The fourth-order valence-electron chi connectivity index (χ4n) is 9.18. The SMILES string of the molecule is c1ccc(N(c2ccccc2)c2cccc(N(c3ccc4c(ccc5cc6c7ccccc7n(-c7ccccc7)c6cc54)c3)c3ccc4c(c3)sc3ccccc34)c2)cc1. The van der Waals surface area contributed by atoms with E-state index in [2.05, 4.69) is 239 Å². The first-order valence-electron chi connectivity index (χ1n) is 20.4. The normalized spacial score (nSPS) is 11.7. The first-order chi connectivity index (χ1) is 29.7. The van der Waals surface area contributed by atoms with Crippen LogP contribution in [0.5, 0.6) is 0 Å². The molecule has 3 nitrogen and oxygen atoms in total. The molecule has 0 radical (unpaired) electrons. The fourth-order valence-corrected chi connectivity index (χ4v) is 10.3.